The number of aryl methyl sites for hydroxylation is 2. The second-order valence-electron chi connectivity index (χ2n) is 5.35. The van der Waals surface area contributed by atoms with Gasteiger partial charge in [0.2, 0.25) is 0 Å². The van der Waals surface area contributed by atoms with Crippen molar-refractivity contribution in [1.29, 1.82) is 0 Å². The molecule has 0 bridgehead atoms. The lowest BCUT2D eigenvalue weighted by atomic mass is 10.1. The summed E-state index contributed by atoms with van der Waals surface area (Å²) in [7, 11) is 3.09. The average molecular weight is 316 g/mol. The van der Waals surface area contributed by atoms with Crippen LogP contribution in [-0.4, -0.2) is 18.7 Å². The first kappa shape index (κ1) is 14.5. The highest BCUT2D eigenvalue weighted by Crippen LogP contribution is 2.14. The molecule has 0 spiro atoms. The molecular formula is C15H16N4O2S. The summed E-state index contributed by atoms with van der Waals surface area (Å²) in [5.41, 5.74) is 2.34. The van der Waals surface area contributed by atoms with E-state index in [0.29, 0.717) is 22.5 Å². The Morgan fingerprint density at radius 2 is 1.82 bits per heavy atom. The molecule has 7 heteroatoms. The molecule has 114 valence electrons. The number of nitrogens with zero attached hydrogens (tertiary/aromatic N) is 3. The summed E-state index contributed by atoms with van der Waals surface area (Å²) < 4.78 is 4.67. The van der Waals surface area contributed by atoms with E-state index >= 15 is 0 Å². The molecule has 0 atom stereocenters. The fourth-order valence-electron chi connectivity index (χ4n) is 2.59. The molecule has 0 fully saturated rings. The maximum atomic E-state index is 12.5. The molecular weight excluding hydrogens is 300 g/mol. The summed E-state index contributed by atoms with van der Waals surface area (Å²) in [6.07, 6.45) is 0. The number of fused-ring (bicyclic) bond motifs is 1. The maximum absolute atomic E-state index is 12.5. The lowest BCUT2D eigenvalue weighted by Crippen LogP contribution is -2.37. The van der Waals surface area contributed by atoms with Crippen molar-refractivity contribution in [2.45, 2.75) is 13.5 Å². The summed E-state index contributed by atoms with van der Waals surface area (Å²) in [5.74, 6) is 0. The van der Waals surface area contributed by atoms with Gasteiger partial charge in [0.15, 0.2) is 10.3 Å². The molecule has 0 amide bonds. The van der Waals surface area contributed by atoms with Gasteiger partial charge in [-0.1, -0.05) is 24.3 Å². The van der Waals surface area contributed by atoms with E-state index < -0.39 is 0 Å². The van der Waals surface area contributed by atoms with E-state index in [2.05, 4.69) is 4.98 Å². The van der Waals surface area contributed by atoms with Crippen LogP contribution in [0.15, 0.2) is 33.9 Å². The highest BCUT2D eigenvalue weighted by atomic mass is 32.1. The average Bonchev–Trinajstić information content (AvgIpc) is 2.82. The van der Waals surface area contributed by atoms with Crippen LogP contribution in [0, 0.1) is 11.7 Å². The van der Waals surface area contributed by atoms with Gasteiger partial charge in [-0.05, 0) is 30.3 Å². The van der Waals surface area contributed by atoms with E-state index in [1.807, 2.05) is 31.2 Å². The monoisotopic (exact) mass is 316 g/mol. The minimum absolute atomic E-state index is 0.348. The third kappa shape index (κ3) is 2.05. The van der Waals surface area contributed by atoms with Crippen LogP contribution in [0.1, 0.15) is 11.1 Å². The summed E-state index contributed by atoms with van der Waals surface area (Å²) >= 11 is 5.35. The lowest BCUT2D eigenvalue weighted by molar-refractivity contribution is 0.702. The van der Waals surface area contributed by atoms with Crippen LogP contribution in [-0.2, 0) is 20.6 Å². The minimum Gasteiger partial charge on any atom is -0.316 e. The number of imidazole rings is 1. The van der Waals surface area contributed by atoms with Gasteiger partial charge in [-0.3, -0.25) is 13.9 Å². The molecule has 2 aromatic heterocycles. The van der Waals surface area contributed by atoms with Gasteiger partial charge in [-0.15, -0.1) is 0 Å². The van der Waals surface area contributed by atoms with E-state index in [1.165, 1.54) is 11.6 Å². The Hall–Kier alpha value is -2.41. The maximum Gasteiger partial charge on any atom is 0.332 e. The Balaban J connectivity index is 2.34. The zero-order chi connectivity index (χ0) is 16.0. The number of rotatable bonds is 2. The normalized spacial score (nSPS) is 11.2. The molecule has 1 N–H and O–H groups in total. The van der Waals surface area contributed by atoms with Gasteiger partial charge in [-0.2, -0.15) is 0 Å². The van der Waals surface area contributed by atoms with E-state index in [4.69, 9.17) is 12.2 Å². The highest BCUT2D eigenvalue weighted by molar-refractivity contribution is 7.71. The van der Waals surface area contributed by atoms with Crippen molar-refractivity contribution in [3.63, 3.8) is 0 Å². The van der Waals surface area contributed by atoms with Crippen molar-refractivity contribution in [1.82, 2.24) is 18.7 Å². The van der Waals surface area contributed by atoms with Crippen molar-refractivity contribution >= 4 is 23.4 Å². The lowest BCUT2D eigenvalue weighted by Gasteiger charge is -2.09. The van der Waals surface area contributed by atoms with Crippen LogP contribution < -0.4 is 11.2 Å². The number of H-pyrrole nitrogens is 1. The van der Waals surface area contributed by atoms with Gasteiger partial charge < -0.3 is 9.55 Å². The molecule has 0 aliphatic heterocycles. The topological polar surface area (TPSA) is 64.7 Å². The van der Waals surface area contributed by atoms with Crippen molar-refractivity contribution in [3.8, 4) is 0 Å². The zero-order valence-electron chi connectivity index (χ0n) is 12.6. The quantitative estimate of drug-likeness (QED) is 0.728. The predicted octanol–water partition coefficient (Wildman–Crippen LogP) is 1.45. The second kappa shape index (κ2) is 5.10. The molecule has 0 aliphatic rings. The van der Waals surface area contributed by atoms with Crippen molar-refractivity contribution < 1.29 is 0 Å². The first-order valence-electron chi connectivity index (χ1n) is 6.85. The molecule has 0 aliphatic carbocycles. The molecule has 3 rings (SSSR count). The van der Waals surface area contributed by atoms with Gasteiger partial charge in [0.05, 0.1) is 6.54 Å². The van der Waals surface area contributed by atoms with Gasteiger partial charge in [-0.25, -0.2) is 4.79 Å². The van der Waals surface area contributed by atoms with Gasteiger partial charge in [0, 0.05) is 14.1 Å². The number of aromatic nitrogens is 4. The van der Waals surface area contributed by atoms with Crippen LogP contribution in [0.4, 0.5) is 0 Å². The molecule has 0 saturated carbocycles. The third-order valence-electron chi connectivity index (χ3n) is 3.97. The number of benzene rings is 1. The molecule has 6 nitrogen and oxygen atoms in total. The number of aromatic amines is 1. The SMILES string of the molecule is Cc1ccccc1Cn1c(=S)[nH]c2c1c(=O)n(C)c(=O)n2C. The fourth-order valence-corrected chi connectivity index (χ4v) is 2.84. The van der Waals surface area contributed by atoms with E-state index in [0.717, 1.165) is 15.7 Å². The molecule has 0 unspecified atom stereocenters. The largest absolute Gasteiger partial charge is 0.332 e. The van der Waals surface area contributed by atoms with Crippen molar-refractivity contribution in [3.05, 3.63) is 61.0 Å². The van der Waals surface area contributed by atoms with E-state index in [1.54, 1.807) is 11.6 Å². The first-order valence-corrected chi connectivity index (χ1v) is 7.25. The summed E-state index contributed by atoms with van der Waals surface area (Å²) in [4.78, 5) is 27.4. The van der Waals surface area contributed by atoms with Gasteiger partial charge in [0.1, 0.15) is 5.65 Å². The third-order valence-corrected chi connectivity index (χ3v) is 4.29. The Morgan fingerprint density at radius 1 is 1.14 bits per heavy atom. The van der Waals surface area contributed by atoms with E-state index in [9.17, 15) is 9.59 Å². The summed E-state index contributed by atoms with van der Waals surface area (Å²) in [6.45, 7) is 2.50. The zero-order valence-corrected chi connectivity index (χ0v) is 13.4. The molecule has 1 aromatic carbocycles. The Kier molecular flexibility index (Phi) is 3.37. The standard InChI is InChI=1S/C15H16N4O2S/c1-9-6-4-5-7-10(9)8-19-11-12(16-14(19)22)17(2)15(21)18(3)13(11)20/h4-7H,8H2,1-3H3,(H,16,22). The van der Waals surface area contributed by atoms with Crippen LogP contribution in [0.3, 0.4) is 0 Å². The summed E-state index contributed by atoms with van der Waals surface area (Å²) in [6, 6.07) is 7.94. The Bertz CT molecular complexity index is 1050. The molecule has 0 saturated heterocycles. The van der Waals surface area contributed by atoms with Gasteiger partial charge in [0.25, 0.3) is 5.56 Å². The number of hydrogen-bond donors (Lipinski definition) is 1. The number of nitrogens with one attached hydrogen (secondary N) is 1. The van der Waals surface area contributed by atoms with Crippen LogP contribution >= 0.6 is 12.2 Å². The molecule has 0 radical (unpaired) electrons. The van der Waals surface area contributed by atoms with Gasteiger partial charge >= 0.3 is 5.69 Å². The van der Waals surface area contributed by atoms with Crippen molar-refractivity contribution in [2.75, 3.05) is 0 Å². The fraction of sp³-hybridized carbons (Fsp3) is 0.267. The van der Waals surface area contributed by atoms with Crippen LogP contribution in [0.5, 0.6) is 0 Å². The molecule has 22 heavy (non-hydrogen) atoms. The van der Waals surface area contributed by atoms with Crippen molar-refractivity contribution in [2.24, 2.45) is 14.1 Å². The predicted molar refractivity (Wildman–Crippen MR) is 87.9 cm³/mol. The van der Waals surface area contributed by atoms with E-state index in [-0.39, 0.29) is 11.2 Å². The second-order valence-corrected chi connectivity index (χ2v) is 5.73. The molecule has 3 aromatic rings. The first-order chi connectivity index (χ1) is 10.4. The van der Waals surface area contributed by atoms with Crippen LogP contribution in [0.2, 0.25) is 0 Å². The Morgan fingerprint density at radius 3 is 2.50 bits per heavy atom. The smallest absolute Gasteiger partial charge is 0.316 e. The molecule has 2 heterocycles. The van der Waals surface area contributed by atoms with Crippen LogP contribution in [0.25, 0.3) is 11.2 Å². The summed E-state index contributed by atoms with van der Waals surface area (Å²) in [5, 5.41) is 0. The highest BCUT2D eigenvalue weighted by Gasteiger charge is 2.15. The number of hydrogen-bond acceptors (Lipinski definition) is 3. The minimum atomic E-state index is -0.378. The Labute approximate surface area is 131 Å².